The minimum absolute atomic E-state index is 0.0169. The van der Waals surface area contributed by atoms with Gasteiger partial charge in [0.1, 0.15) is 5.82 Å². The molecule has 3 N–H and O–H groups in total. The van der Waals surface area contributed by atoms with Crippen molar-refractivity contribution in [3.05, 3.63) is 34.6 Å². The molecule has 0 unspecified atom stereocenters. The Balaban J connectivity index is 2.51. The lowest BCUT2D eigenvalue weighted by molar-refractivity contribution is -0.120. The molecular weight excluding hydrogens is 343 g/mol. The number of nitrogens with zero attached hydrogens (tertiary/aromatic N) is 1. The molecule has 0 heterocycles. The van der Waals surface area contributed by atoms with Gasteiger partial charge in [-0.3, -0.25) is 9.79 Å². The molecule has 7 heteroatoms. The Hall–Kier alpha value is -1.82. The molecule has 140 valence electrons. The topological polar surface area (TPSA) is 65.5 Å². The maximum Gasteiger partial charge on any atom is 0.221 e. The van der Waals surface area contributed by atoms with Crippen LogP contribution in [0, 0.1) is 5.82 Å². The van der Waals surface area contributed by atoms with Gasteiger partial charge in [-0.1, -0.05) is 38.4 Å². The van der Waals surface area contributed by atoms with E-state index in [-0.39, 0.29) is 17.1 Å². The third-order valence-corrected chi connectivity index (χ3v) is 4.11. The zero-order valence-corrected chi connectivity index (χ0v) is 16.1. The van der Waals surface area contributed by atoms with Crippen LogP contribution in [0.5, 0.6) is 0 Å². The van der Waals surface area contributed by atoms with Crippen LogP contribution < -0.4 is 16.0 Å². The second kappa shape index (κ2) is 10.2. The Morgan fingerprint density at radius 2 is 1.96 bits per heavy atom. The number of guanidine groups is 1. The molecule has 0 saturated heterocycles. The third kappa shape index (κ3) is 7.30. The van der Waals surface area contributed by atoms with Crippen LogP contribution in [-0.4, -0.2) is 38.5 Å². The lowest BCUT2D eigenvalue weighted by Crippen LogP contribution is -2.44. The van der Waals surface area contributed by atoms with Gasteiger partial charge in [-0.25, -0.2) is 4.39 Å². The molecule has 0 saturated carbocycles. The summed E-state index contributed by atoms with van der Waals surface area (Å²) in [5.74, 6) is 0.272. The Labute approximate surface area is 154 Å². The van der Waals surface area contributed by atoms with E-state index in [1.807, 2.05) is 20.8 Å². The van der Waals surface area contributed by atoms with E-state index >= 15 is 0 Å². The highest BCUT2D eigenvalue weighted by atomic mass is 35.5. The van der Waals surface area contributed by atoms with E-state index in [0.29, 0.717) is 37.0 Å². The van der Waals surface area contributed by atoms with Gasteiger partial charge in [-0.15, -0.1) is 0 Å². The molecule has 0 spiro atoms. The van der Waals surface area contributed by atoms with Gasteiger partial charge in [0.25, 0.3) is 0 Å². The molecule has 1 aromatic rings. The van der Waals surface area contributed by atoms with E-state index in [0.717, 1.165) is 12.0 Å². The SMILES string of the molecule is CCCNC(=O)CCNC(=NC)NCC(C)(C)c1ccc(F)cc1Cl. The van der Waals surface area contributed by atoms with Crippen LogP contribution in [0.15, 0.2) is 23.2 Å². The van der Waals surface area contributed by atoms with E-state index < -0.39 is 0 Å². The predicted molar refractivity (Wildman–Crippen MR) is 102 cm³/mol. The normalized spacial score (nSPS) is 12.0. The third-order valence-electron chi connectivity index (χ3n) is 3.80. The van der Waals surface area contributed by atoms with Gasteiger partial charge in [0.15, 0.2) is 5.96 Å². The fourth-order valence-corrected chi connectivity index (χ4v) is 2.73. The maximum absolute atomic E-state index is 13.2. The molecule has 0 aromatic heterocycles. The molecule has 1 rings (SSSR count). The van der Waals surface area contributed by atoms with Crippen molar-refractivity contribution in [3.63, 3.8) is 0 Å². The number of rotatable bonds is 8. The second-order valence-electron chi connectivity index (χ2n) is 6.46. The standard InChI is InChI=1S/C18H28ClFN4O/c1-5-9-22-16(25)8-10-23-17(21-4)24-12-18(2,3)14-7-6-13(20)11-15(14)19/h6-7,11H,5,8-10,12H2,1-4H3,(H,22,25)(H2,21,23,24). The van der Waals surface area contributed by atoms with Crippen molar-refractivity contribution in [2.75, 3.05) is 26.7 Å². The van der Waals surface area contributed by atoms with Crippen LogP contribution in [-0.2, 0) is 10.2 Å². The number of halogens is 2. The zero-order valence-electron chi connectivity index (χ0n) is 15.4. The summed E-state index contributed by atoms with van der Waals surface area (Å²) in [6.45, 7) is 7.79. The quantitative estimate of drug-likeness (QED) is 0.487. The fraction of sp³-hybridized carbons (Fsp3) is 0.556. The molecule has 0 aliphatic heterocycles. The molecule has 0 fully saturated rings. The molecule has 25 heavy (non-hydrogen) atoms. The van der Waals surface area contributed by atoms with Gasteiger partial charge < -0.3 is 16.0 Å². The minimum atomic E-state index is -0.351. The summed E-state index contributed by atoms with van der Waals surface area (Å²) in [4.78, 5) is 15.7. The number of aliphatic imine (C=N–C) groups is 1. The maximum atomic E-state index is 13.2. The highest BCUT2D eigenvalue weighted by molar-refractivity contribution is 6.31. The molecule has 0 aliphatic carbocycles. The van der Waals surface area contributed by atoms with Crippen molar-refractivity contribution in [3.8, 4) is 0 Å². The van der Waals surface area contributed by atoms with Gasteiger partial charge in [-0.05, 0) is 24.1 Å². The first kappa shape index (κ1) is 21.2. The van der Waals surface area contributed by atoms with E-state index in [1.54, 1.807) is 13.1 Å². The summed E-state index contributed by atoms with van der Waals surface area (Å²) < 4.78 is 13.2. The molecule has 1 aromatic carbocycles. The fourth-order valence-electron chi connectivity index (χ4n) is 2.31. The van der Waals surface area contributed by atoms with Crippen LogP contribution in [0.1, 0.15) is 39.2 Å². The number of carbonyl (C=O) groups excluding carboxylic acids is 1. The largest absolute Gasteiger partial charge is 0.356 e. The molecule has 0 bridgehead atoms. The molecular formula is C18H28ClFN4O. The molecule has 0 atom stereocenters. The van der Waals surface area contributed by atoms with Gasteiger partial charge in [0.05, 0.1) is 0 Å². The van der Waals surface area contributed by atoms with Crippen molar-refractivity contribution < 1.29 is 9.18 Å². The zero-order chi connectivity index (χ0) is 18.9. The van der Waals surface area contributed by atoms with Gasteiger partial charge >= 0.3 is 0 Å². The summed E-state index contributed by atoms with van der Waals surface area (Å²) in [6.07, 6.45) is 1.30. The smallest absolute Gasteiger partial charge is 0.221 e. The molecule has 0 aliphatic rings. The van der Waals surface area contributed by atoms with Crippen LogP contribution in [0.3, 0.4) is 0 Å². The lowest BCUT2D eigenvalue weighted by Gasteiger charge is -2.27. The minimum Gasteiger partial charge on any atom is -0.356 e. The van der Waals surface area contributed by atoms with E-state index in [4.69, 9.17) is 11.6 Å². The van der Waals surface area contributed by atoms with Crippen LogP contribution >= 0.6 is 11.6 Å². The van der Waals surface area contributed by atoms with Gasteiger partial charge in [0, 0.05) is 43.5 Å². The summed E-state index contributed by atoms with van der Waals surface area (Å²) in [7, 11) is 1.67. The van der Waals surface area contributed by atoms with Gasteiger partial charge in [0.2, 0.25) is 5.91 Å². The summed E-state index contributed by atoms with van der Waals surface area (Å²) in [5, 5.41) is 9.56. The second-order valence-corrected chi connectivity index (χ2v) is 6.87. The van der Waals surface area contributed by atoms with Crippen molar-refractivity contribution in [1.29, 1.82) is 0 Å². The molecule has 1 amide bonds. The van der Waals surface area contributed by atoms with Crippen molar-refractivity contribution in [2.45, 2.75) is 39.0 Å². The number of amides is 1. The Morgan fingerprint density at radius 1 is 1.24 bits per heavy atom. The van der Waals surface area contributed by atoms with Gasteiger partial charge in [-0.2, -0.15) is 0 Å². The van der Waals surface area contributed by atoms with E-state index in [9.17, 15) is 9.18 Å². The Morgan fingerprint density at radius 3 is 2.56 bits per heavy atom. The predicted octanol–water partition coefficient (Wildman–Crippen LogP) is 2.84. The van der Waals surface area contributed by atoms with Crippen molar-refractivity contribution >= 4 is 23.5 Å². The average Bonchev–Trinajstić information content (AvgIpc) is 2.55. The highest BCUT2D eigenvalue weighted by Crippen LogP contribution is 2.29. The van der Waals surface area contributed by atoms with Crippen LogP contribution in [0.2, 0.25) is 5.02 Å². The number of benzene rings is 1. The van der Waals surface area contributed by atoms with Crippen molar-refractivity contribution in [1.82, 2.24) is 16.0 Å². The van der Waals surface area contributed by atoms with E-state index in [2.05, 4.69) is 20.9 Å². The van der Waals surface area contributed by atoms with Crippen LogP contribution in [0.25, 0.3) is 0 Å². The molecule has 0 radical (unpaired) electrons. The number of hydrogen-bond donors (Lipinski definition) is 3. The summed E-state index contributed by atoms with van der Waals surface area (Å²) in [6, 6.07) is 4.43. The number of hydrogen-bond acceptors (Lipinski definition) is 2. The monoisotopic (exact) mass is 370 g/mol. The van der Waals surface area contributed by atoms with Crippen molar-refractivity contribution in [2.24, 2.45) is 4.99 Å². The summed E-state index contributed by atoms with van der Waals surface area (Å²) in [5.41, 5.74) is 0.540. The average molecular weight is 371 g/mol. The summed E-state index contributed by atoms with van der Waals surface area (Å²) >= 11 is 6.17. The highest BCUT2D eigenvalue weighted by Gasteiger charge is 2.24. The molecule has 5 nitrogen and oxygen atoms in total. The first-order valence-corrected chi connectivity index (χ1v) is 8.84. The van der Waals surface area contributed by atoms with Crippen LogP contribution in [0.4, 0.5) is 4.39 Å². The Kier molecular flexibility index (Phi) is 8.69. The first-order chi connectivity index (χ1) is 11.8. The first-order valence-electron chi connectivity index (χ1n) is 8.47. The van der Waals surface area contributed by atoms with E-state index in [1.165, 1.54) is 12.1 Å². The number of nitrogens with one attached hydrogen (secondary N) is 3. The number of carbonyl (C=O) groups is 1. The lowest BCUT2D eigenvalue weighted by atomic mass is 9.84. The Bertz CT molecular complexity index is 605.